The van der Waals surface area contributed by atoms with Crippen molar-refractivity contribution in [2.24, 2.45) is 11.8 Å². The summed E-state index contributed by atoms with van der Waals surface area (Å²) in [4.78, 5) is 7.08. The predicted octanol–water partition coefficient (Wildman–Crippen LogP) is 3.32. The molecule has 0 spiro atoms. The third-order valence-corrected chi connectivity index (χ3v) is 5.36. The summed E-state index contributed by atoms with van der Waals surface area (Å²) in [6.07, 6.45) is 3.10. The van der Waals surface area contributed by atoms with E-state index in [1.165, 1.54) is 17.5 Å². The lowest BCUT2D eigenvalue weighted by Gasteiger charge is -2.29. The summed E-state index contributed by atoms with van der Waals surface area (Å²) >= 11 is 6.10. The van der Waals surface area contributed by atoms with Gasteiger partial charge in [-0.05, 0) is 42.5 Å². The summed E-state index contributed by atoms with van der Waals surface area (Å²) in [6.45, 7) is 5.78. The van der Waals surface area contributed by atoms with E-state index in [1.54, 1.807) is 0 Å². The van der Waals surface area contributed by atoms with E-state index in [-0.39, 0.29) is 0 Å². The van der Waals surface area contributed by atoms with Crippen molar-refractivity contribution in [3.63, 3.8) is 0 Å². The van der Waals surface area contributed by atoms with E-state index in [0.29, 0.717) is 6.04 Å². The normalized spacial score (nSPS) is 28.3. The Morgan fingerprint density at radius 1 is 1.33 bits per heavy atom. The Labute approximate surface area is 130 Å². The summed E-state index contributed by atoms with van der Waals surface area (Å²) < 4.78 is 0. The number of nitrogens with one attached hydrogen (secondary N) is 1. The molecular weight excluding hydrogens is 282 g/mol. The Bertz CT molecular complexity index is 672. The maximum absolute atomic E-state index is 6.10. The van der Waals surface area contributed by atoms with Gasteiger partial charge in [0.2, 0.25) is 0 Å². The Morgan fingerprint density at radius 3 is 3.10 bits per heavy atom. The van der Waals surface area contributed by atoms with Crippen molar-refractivity contribution in [2.75, 3.05) is 24.5 Å². The van der Waals surface area contributed by atoms with Gasteiger partial charge in [-0.3, -0.25) is 4.98 Å². The van der Waals surface area contributed by atoms with Crippen LogP contribution in [0, 0.1) is 11.8 Å². The molecular formula is C17H20ClN3. The molecule has 0 radical (unpaired) electrons. The number of nitrogens with zero attached hydrogens (tertiary/aromatic N) is 2. The van der Waals surface area contributed by atoms with Gasteiger partial charge >= 0.3 is 0 Å². The van der Waals surface area contributed by atoms with Gasteiger partial charge in [0.25, 0.3) is 0 Å². The van der Waals surface area contributed by atoms with Crippen LogP contribution < -0.4 is 10.2 Å². The molecule has 4 rings (SSSR count). The molecule has 2 aliphatic heterocycles. The van der Waals surface area contributed by atoms with E-state index in [4.69, 9.17) is 11.6 Å². The van der Waals surface area contributed by atoms with Crippen molar-refractivity contribution in [2.45, 2.75) is 19.4 Å². The van der Waals surface area contributed by atoms with E-state index < -0.39 is 0 Å². The van der Waals surface area contributed by atoms with Crippen LogP contribution >= 0.6 is 11.6 Å². The maximum atomic E-state index is 6.10. The number of halogens is 1. The number of rotatable bonds is 2. The number of pyridine rings is 1. The number of anilines is 1. The van der Waals surface area contributed by atoms with Gasteiger partial charge in [-0.15, -0.1) is 0 Å². The molecule has 0 aliphatic carbocycles. The minimum atomic E-state index is 0.631. The summed E-state index contributed by atoms with van der Waals surface area (Å²) in [5.41, 5.74) is 2.31. The Hall–Kier alpha value is -1.32. The first-order valence-corrected chi connectivity index (χ1v) is 8.17. The standard InChI is InChI=1S/C17H20ClN3/c1-2-16-14-9-19-8-11(14)10-21(16)17-5-6-20-15-7-12(18)3-4-13(15)17/h3-7,11,14,16,19H,2,8-10H2,1H3. The molecule has 0 amide bonds. The van der Waals surface area contributed by atoms with Crippen LogP contribution in [0.4, 0.5) is 5.69 Å². The monoisotopic (exact) mass is 301 g/mol. The molecule has 1 aromatic carbocycles. The first-order chi connectivity index (χ1) is 10.3. The molecule has 1 aromatic heterocycles. The number of benzene rings is 1. The Morgan fingerprint density at radius 2 is 2.24 bits per heavy atom. The van der Waals surface area contributed by atoms with E-state index in [2.05, 4.69) is 34.3 Å². The SMILES string of the molecule is CCC1C2CNCC2CN1c1ccnc2cc(Cl)ccc12. The fourth-order valence-electron chi connectivity index (χ4n) is 4.18. The van der Waals surface area contributed by atoms with Crippen LogP contribution in [0.25, 0.3) is 10.9 Å². The van der Waals surface area contributed by atoms with Crippen molar-refractivity contribution >= 4 is 28.2 Å². The number of hydrogen-bond acceptors (Lipinski definition) is 3. The second kappa shape index (κ2) is 5.15. The van der Waals surface area contributed by atoms with Crippen LogP contribution in [-0.4, -0.2) is 30.7 Å². The van der Waals surface area contributed by atoms with E-state index in [0.717, 1.165) is 42.0 Å². The maximum Gasteiger partial charge on any atom is 0.0737 e. The lowest BCUT2D eigenvalue weighted by molar-refractivity contribution is 0.442. The molecule has 2 fully saturated rings. The molecule has 3 heterocycles. The lowest BCUT2D eigenvalue weighted by atomic mass is 9.93. The molecule has 0 saturated carbocycles. The molecule has 2 aliphatic rings. The molecule has 21 heavy (non-hydrogen) atoms. The zero-order valence-corrected chi connectivity index (χ0v) is 13.0. The third-order valence-electron chi connectivity index (χ3n) is 5.13. The van der Waals surface area contributed by atoms with Gasteiger partial charge in [-0.2, -0.15) is 0 Å². The van der Waals surface area contributed by atoms with Crippen molar-refractivity contribution in [1.82, 2.24) is 10.3 Å². The highest BCUT2D eigenvalue weighted by molar-refractivity contribution is 6.31. The fourth-order valence-corrected chi connectivity index (χ4v) is 4.35. The average Bonchev–Trinajstić information content (AvgIpc) is 3.06. The van der Waals surface area contributed by atoms with Gasteiger partial charge in [0.1, 0.15) is 0 Å². The van der Waals surface area contributed by atoms with Crippen LogP contribution in [-0.2, 0) is 0 Å². The third kappa shape index (κ3) is 2.11. The van der Waals surface area contributed by atoms with Gasteiger partial charge in [0.15, 0.2) is 0 Å². The van der Waals surface area contributed by atoms with Gasteiger partial charge in [0.05, 0.1) is 5.52 Å². The zero-order valence-electron chi connectivity index (χ0n) is 12.2. The van der Waals surface area contributed by atoms with E-state index in [1.807, 2.05) is 18.3 Å². The molecule has 0 bridgehead atoms. The van der Waals surface area contributed by atoms with Gasteiger partial charge in [0, 0.05) is 48.0 Å². The second-order valence-electron chi connectivity index (χ2n) is 6.20. The van der Waals surface area contributed by atoms with Gasteiger partial charge < -0.3 is 10.2 Å². The van der Waals surface area contributed by atoms with Crippen molar-refractivity contribution in [3.8, 4) is 0 Å². The van der Waals surface area contributed by atoms with Crippen LogP contribution in [0.15, 0.2) is 30.5 Å². The smallest absolute Gasteiger partial charge is 0.0737 e. The molecule has 2 saturated heterocycles. The first-order valence-electron chi connectivity index (χ1n) is 7.79. The first kappa shape index (κ1) is 13.4. The number of aromatic nitrogens is 1. The minimum Gasteiger partial charge on any atom is -0.367 e. The lowest BCUT2D eigenvalue weighted by Crippen LogP contribution is -2.35. The largest absolute Gasteiger partial charge is 0.367 e. The fraction of sp³-hybridized carbons (Fsp3) is 0.471. The summed E-state index contributed by atoms with van der Waals surface area (Å²) in [6, 6.07) is 8.83. The summed E-state index contributed by atoms with van der Waals surface area (Å²) in [5, 5.41) is 5.52. The summed E-state index contributed by atoms with van der Waals surface area (Å²) in [5.74, 6) is 1.57. The van der Waals surface area contributed by atoms with Crippen LogP contribution in [0.2, 0.25) is 5.02 Å². The van der Waals surface area contributed by atoms with Crippen molar-refractivity contribution < 1.29 is 0 Å². The minimum absolute atomic E-state index is 0.631. The van der Waals surface area contributed by atoms with Crippen LogP contribution in [0.5, 0.6) is 0 Å². The average molecular weight is 302 g/mol. The highest BCUT2D eigenvalue weighted by Crippen LogP contribution is 2.39. The highest BCUT2D eigenvalue weighted by Gasteiger charge is 2.43. The van der Waals surface area contributed by atoms with E-state index >= 15 is 0 Å². The zero-order chi connectivity index (χ0) is 14.4. The predicted molar refractivity (Wildman–Crippen MR) is 88.0 cm³/mol. The molecule has 4 heteroatoms. The summed E-state index contributed by atoms with van der Waals surface area (Å²) in [7, 11) is 0. The molecule has 110 valence electrons. The molecule has 3 atom stereocenters. The quantitative estimate of drug-likeness (QED) is 0.922. The second-order valence-corrected chi connectivity index (χ2v) is 6.64. The van der Waals surface area contributed by atoms with Crippen LogP contribution in [0.1, 0.15) is 13.3 Å². The molecule has 2 aromatic rings. The number of fused-ring (bicyclic) bond motifs is 2. The van der Waals surface area contributed by atoms with Crippen molar-refractivity contribution in [3.05, 3.63) is 35.5 Å². The van der Waals surface area contributed by atoms with E-state index in [9.17, 15) is 0 Å². The highest BCUT2D eigenvalue weighted by atomic mass is 35.5. The Balaban J connectivity index is 1.79. The van der Waals surface area contributed by atoms with Gasteiger partial charge in [-0.1, -0.05) is 18.5 Å². The molecule has 1 N–H and O–H groups in total. The molecule has 3 nitrogen and oxygen atoms in total. The van der Waals surface area contributed by atoms with Gasteiger partial charge in [-0.25, -0.2) is 0 Å². The van der Waals surface area contributed by atoms with Crippen LogP contribution in [0.3, 0.4) is 0 Å². The molecule has 3 unspecified atom stereocenters. The Kier molecular flexibility index (Phi) is 3.27. The van der Waals surface area contributed by atoms with Crippen molar-refractivity contribution in [1.29, 1.82) is 0 Å². The topological polar surface area (TPSA) is 28.2 Å². The number of hydrogen-bond donors (Lipinski definition) is 1.